The van der Waals surface area contributed by atoms with E-state index in [0.29, 0.717) is 13.1 Å². The van der Waals surface area contributed by atoms with E-state index in [1.165, 1.54) is 0 Å². The number of aromatic amines is 1. The molecule has 0 aromatic carbocycles. The molecule has 0 spiro atoms. The van der Waals surface area contributed by atoms with E-state index in [4.69, 9.17) is 0 Å². The number of carbonyl (C=O) groups excluding carboxylic acids is 1. The van der Waals surface area contributed by atoms with Gasteiger partial charge in [-0.2, -0.15) is 0 Å². The zero-order valence-corrected chi connectivity index (χ0v) is 10.6. The van der Waals surface area contributed by atoms with Crippen molar-refractivity contribution in [3.63, 3.8) is 0 Å². The number of aryl methyl sites for hydroxylation is 1. The van der Waals surface area contributed by atoms with Gasteiger partial charge in [-0.05, 0) is 31.4 Å². The van der Waals surface area contributed by atoms with Gasteiger partial charge in [0.1, 0.15) is 5.56 Å². The Morgan fingerprint density at radius 2 is 2.22 bits per heavy atom. The number of nitrogens with one attached hydrogen (secondary N) is 1. The van der Waals surface area contributed by atoms with Gasteiger partial charge in [0.25, 0.3) is 11.5 Å². The fourth-order valence-electron chi connectivity index (χ4n) is 2.14. The number of aliphatic hydroxyl groups is 1. The Morgan fingerprint density at radius 1 is 1.50 bits per heavy atom. The molecule has 5 heteroatoms. The average molecular weight is 250 g/mol. The molecule has 1 amide bonds. The van der Waals surface area contributed by atoms with Gasteiger partial charge in [0.2, 0.25) is 0 Å². The zero-order chi connectivity index (χ0) is 13.3. The van der Waals surface area contributed by atoms with Crippen LogP contribution in [0.5, 0.6) is 0 Å². The number of aromatic nitrogens is 1. The van der Waals surface area contributed by atoms with Crippen molar-refractivity contribution in [3.8, 4) is 0 Å². The second-order valence-electron chi connectivity index (χ2n) is 4.97. The maximum Gasteiger partial charge on any atom is 0.260 e. The highest BCUT2D eigenvalue weighted by Crippen LogP contribution is 2.18. The lowest BCUT2D eigenvalue weighted by molar-refractivity contribution is 0.0247. The molecule has 1 aromatic heterocycles. The molecule has 0 bridgehead atoms. The van der Waals surface area contributed by atoms with Crippen LogP contribution in [0.15, 0.2) is 16.9 Å². The number of hydrogen-bond donors (Lipinski definition) is 2. The summed E-state index contributed by atoms with van der Waals surface area (Å²) in [5, 5.41) is 9.78. The molecule has 1 saturated heterocycles. The van der Waals surface area contributed by atoms with E-state index in [1.807, 2.05) is 6.92 Å². The molecular formula is C13H18N2O3. The van der Waals surface area contributed by atoms with Crippen LogP contribution in [0.25, 0.3) is 0 Å². The number of rotatable bonds is 1. The second kappa shape index (κ2) is 4.94. The third kappa shape index (κ3) is 2.46. The zero-order valence-electron chi connectivity index (χ0n) is 10.6. The molecule has 1 aliphatic rings. The molecule has 2 unspecified atom stereocenters. The lowest BCUT2D eigenvalue weighted by Crippen LogP contribution is -2.47. The molecule has 2 rings (SSSR count). The molecule has 1 aliphatic heterocycles. The Hall–Kier alpha value is -1.62. The van der Waals surface area contributed by atoms with Gasteiger partial charge in [0.05, 0.1) is 6.10 Å². The van der Waals surface area contributed by atoms with Gasteiger partial charge in [-0.1, -0.05) is 6.92 Å². The third-order valence-electron chi connectivity index (χ3n) is 3.49. The molecule has 2 N–H and O–H groups in total. The van der Waals surface area contributed by atoms with E-state index < -0.39 is 6.10 Å². The predicted molar refractivity (Wildman–Crippen MR) is 67.5 cm³/mol. The van der Waals surface area contributed by atoms with E-state index >= 15 is 0 Å². The molecule has 0 saturated carbocycles. The molecular weight excluding hydrogens is 232 g/mol. The van der Waals surface area contributed by atoms with E-state index in [1.54, 1.807) is 24.0 Å². The first kappa shape index (κ1) is 12.8. The van der Waals surface area contributed by atoms with Crippen molar-refractivity contribution in [1.29, 1.82) is 0 Å². The van der Waals surface area contributed by atoms with Crippen molar-refractivity contribution in [3.05, 3.63) is 33.7 Å². The van der Waals surface area contributed by atoms with Crippen LogP contribution < -0.4 is 5.56 Å². The minimum absolute atomic E-state index is 0.141. The maximum atomic E-state index is 12.2. The van der Waals surface area contributed by atoms with Crippen molar-refractivity contribution in [2.75, 3.05) is 13.1 Å². The Labute approximate surface area is 105 Å². The summed E-state index contributed by atoms with van der Waals surface area (Å²) in [6.45, 7) is 4.62. The Kier molecular flexibility index (Phi) is 3.52. The number of aliphatic hydroxyl groups excluding tert-OH is 1. The third-order valence-corrected chi connectivity index (χ3v) is 3.49. The van der Waals surface area contributed by atoms with E-state index in [0.717, 1.165) is 12.1 Å². The quantitative estimate of drug-likeness (QED) is 0.763. The van der Waals surface area contributed by atoms with Crippen LogP contribution in [0.3, 0.4) is 0 Å². The van der Waals surface area contributed by atoms with E-state index in [-0.39, 0.29) is 22.9 Å². The Morgan fingerprint density at radius 3 is 2.83 bits per heavy atom. The van der Waals surface area contributed by atoms with Crippen molar-refractivity contribution in [2.45, 2.75) is 26.4 Å². The van der Waals surface area contributed by atoms with Gasteiger partial charge in [-0.15, -0.1) is 0 Å². The van der Waals surface area contributed by atoms with Gasteiger partial charge >= 0.3 is 0 Å². The molecule has 5 nitrogen and oxygen atoms in total. The van der Waals surface area contributed by atoms with Gasteiger partial charge < -0.3 is 15.0 Å². The summed E-state index contributed by atoms with van der Waals surface area (Å²) < 4.78 is 0. The van der Waals surface area contributed by atoms with E-state index in [2.05, 4.69) is 4.98 Å². The minimum atomic E-state index is -0.507. The van der Waals surface area contributed by atoms with Crippen LogP contribution in [-0.2, 0) is 0 Å². The summed E-state index contributed by atoms with van der Waals surface area (Å²) in [5.41, 5.74) is 0.499. The van der Waals surface area contributed by atoms with Gasteiger partial charge in [-0.3, -0.25) is 9.59 Å². The molecule has 0 aliphatic carbocycles. The fourth-order valence-corrected chi connectivity index (χ4v) is 2.14. The van der Waals surface area contributed by atoms with Crippen molar-refractivity contribution < 1.29 is 9.90 Å². The molecule has 18 heavy (non-hydrogen) atoms. The number of hydrogen-bond acceptors (Lipinski definition) is 3. The molecule has 1 aromatic rings. The number of pyridine rings is 1. The number of H-pyrrole nitrogens is 1. The van der Waals surface area contributed by atoms with Crippen LogP contribution >= 0.6 is 0 Å². The SMILES string of the molecule is Cc1ccc(C(=O)N2CCC(C)C(O)C2)c(=O)[nH]1. The number of β-amino-alcohol motifs (C(OH)–C–C–N with tert-alkyl or cyclic N) is 1. The van der Waals surface area contributed by atoms with Crippen molar-refractivity contribution in [2.24, 2.45) is 5.92 Å². The molecule has 2 atom stereocenters. The first-order valence-electron chi connectivity index (χ1n) is 6.16. The summed E-state index contributed by atoms with van der Waals surface area (Å²) in [7, 11) is 0. The highest BCUT2D eigenvalue weighted by molar-refractivity contribution is 5.93. The number of piperidine rings is 1. The predicted octanol–water partition coefficient (Wildman–Crippen LogP) is 0.526. The van der Waals surface area contributed by atoms with Crippen molar-refractivity contribution >= 4 is 5.91 Å². The first-order valence-corrected chi connectivity index (χ1v) is 6.16. The van der Waals surface area contributed by atoms with E-state index in [9.17, 15) is 14.7 Å². The monoisotopic (exact) mass is 250 g/mol. The second-order valence-corrected chi connectivity index (χ2v) is 4.97. The lowest BCUT2D eigenvalue weighted by atomic mass is 9.95. The van der Waals surface area contributed by atoms with Gasteiger partial charge in [0, 0.05) is 18.8 Å². The lowest BCUT2D eigenvalue weighted by Gasteiger charge is -2.34. The minimum Gasteiger partial charge on any atom is -0.391 e. The molecule has 2 heterocycles. The average Bonchev–Trinajstić information content (AvgIpc) is 2.32. The number of likely N-dealkylation sites (tertiary alicyclic amines) is 1. The summed E-state index contributed by atoms with van der Waals surface area (Å²) >= 11 is 0. The summed E-state index contributed by atoms with van der Waals surface area (Å²) in [4.78, 5) is 28.0. The Bertz CT molecular complexity index is 509. The topological polar surface area (TPSA) is 73.4 Å². The van der Waals surface area contributed by atoms with Gasteiger partial charge in [-0.25, -0.2) is 0 Å². The smallest absolute Gasteiger partial charge is 0.260 e. The van der Waals surface area contributed by atoms with Crippen molar-refractivity contribution in [1.82, 2.24) is 9.88 Å². The van der Waals surface area contributed by atoms with Crippen LogP contribution in [-0.4, -0.2) is 40.1 Å². The number of carbonyl (C=O) groups is 1. The number of amides is 1. The van der Waals surface area contributed by atoms with Crippen LogP contribution in [0.1, 0.15) is 29.4 Å². The van der Waals surface area contributed by atoms with Crippen LogP contribution in [0.4, 0.5) is 0 Å². The van der Waals surface area contributed by atoms with Crippen LogP contribution in [0.2, 0.25) is 0 Å². The summed E-state index contributed by atoms with van der Waals surface area (Å²) in [5.74, 6) is -0.104. The molecule has 1 fully saturated rings. The molecule has 0 radical (unpaired) electrons. The highest BCUT2D eigenvalue weighted by Gasteiger charge is 2.28. The fraction of sp³-hybridized carbons (Fsp3) is 0.538. The number of nitrogens with zero attached hydrogens (tertiary/aromatic N) is 1. The summed E-state index contributed by atoms with van der Waals surface area (Å²) in [6.07, 6.45) is 0.253. The summed E-state index contributed by atoms with van der Waals surface area (Å²) in [6, 6.07) is 3.25. The maximum absolute atomic E-state index is 12.2. The largest absolute Gasteiger partial charge is 0.391 e. The Balaban J connectivity index is 2.19. The normalized spacial score (nSPS) is 24.1. The molecule has 98 valence electrons. The van der Waals surface area contributed by atoms with Crippen LogP contribution in [0, 0.1) is 12.8 Å². The highest BCUT2D eigenvalue weighted by atomic mass is 16.3. The first-order chi connectivity index (χ1) is 8.49. The van der Waals surface area contributed by atoms with Gasteiger partial charge in [0.15, 0.2) is 0 Å². The standard InChI is InChI=1S/C13H18N2O3/c1-8-5-6-15(7-11(8)16)13(18)10-4-3-9(2)14-12(10)17/h3-4,8,11,16H,5-7H2,1-2H3,(H,14,17).